The third kappa shape index (κ3) is 7.09. The van der Waals surface area contributed by atoms with Gasteiger partial charge in [-0.1, -0.05) is 18.2 Å². The van der Waals surface area contributed by atoms with Gasteiger partial charge in [-0.3, -0.25) is 9.69 Å². The second-order valence-corrected chi connectivity index (χ2v) is 11.1. The van der Waals surface area contributed by atoms with E-state index in [0.29, 0.717) is 18.9 Å². The normalized spacial score (nSPS) is 19.9. The van der Waals surface area contributed by atoms with Gasteiger partial charge in [0.05, 0.1) is 17.0 Å². The Balaban J connectivity index is 1.59. The number of benzene rings is 1. The summed E-state index contributed by atoms with van der Waals surface area (Å²) in [6.45, 7) is 5.93. The predicted octanol–water partition coefficient (Wildman–Crippen LogP) is 4.46. The number of hydrogen-bond acceptors (Lipinski definition) is 7. The first-order valence-electron chi connectivity index (χ1n) is 13.4. The molecule has 1 aliphatic heterocycles. The summed E-state index contributed by atoms with van der Waals surface area (Å²) in [5, 5.41) is 14.8. The predicted molar refractivity (Wildman–Crippen MR) is 147 cm³/mol. The van der Waals surface area contributed by atoms with E-state index in [9.17, 15) is 14.3 Å². The summed E-state index contributed by atoms with van der Waals surface area (Å²) in [5.41, 5.74) is 2.16. The number of carbonyl (C=O) groups is 1. The first kappa shape index (κ1) is 28.9. The first-order chi connectivity index (χ1) is 18.6. The number of aliphatic hydroxyl groups is 1. The van der Waals surface area contributed by atoms with Gasteiger partial charge in [-0.25, -0.2) is 9.67 Å². The van der Waals surface area contributed by atoms with Crippen molar-refractivity contribution in [3.8, 4) is 11.6 Å². The molecule has 0 amide bonds. The van der Waals surface area contributed by atoms with Crippen molar-refractivity contribution >= 4 is 5.78 Å². The summed E-state index contributed by atoms with van der Waals surface area (Å²) >= 11 is 0. The zero-order valence-electron chi connectivity index (χ0n) is 23.4. The van der Waals surface area contributed by atoms with Crippen LogP contribution in [0, 0.1) is 18.8 Å². The molecule has 3 atom stereocenters. The van der Waals surface area contributed by atoms with Crippen LogP contribution in [0.3, 0.4) is 0 Å². The Morgan fingerprint density at radius 1 is 1.23 bits per heavy atom. The molecule has 1 fully saturated rings. The lowest BCUT2D eigenvalue weighted by Crippen LogP contribution is -2.29. The van der Waals surface area contributed by atoms with Crippen LogP contribution in [0.2, 0.25) is 0 Å². The number of ether oxygens (including phenoxy) is 2. The number of pyridine rings is 1. The zero-order chi connectivity index (χ0) is 28.2. The number of para-hydroxylation sites is 1. The Hall–Kier alpha value is -3.14. The quantitative estimate of drug-likeness (QED) is 0.341. The molecule has 3 heterocycles. The molecule has 0 spiro atoms. The minimum absolute atomic E-state index is 0.0190. The van der Waals surface area contributed by atoms with Crippen LogP contribution in [-0.4, -0.2) is 69.6 Å². The Morgan fingerprint density at radius 3 is 2.64 bits per heavy atom. The van der Waals surface area contributed by atoms with Gasteiger partial charge >= 0.3 is 0 Å². The SMILES string of the molecule is COCC[C@@H]1C[C@@H](CC(=O)Cc2c(C)c(OCC(C)(C)O)nn2-c2ccccc2)[C@H](c2ccnc(F)c2)N1C. The van der Waals surface area contributed by atoms with Crippen LogP contribution in [0.4, 0.5) is 4.39 Å². The molecule has 3 aromatic rings. The van der Waals surface area contributed by atoms with Gasteiger partial charge in [-0.05, 0) is 76.4 Å². The summed E-state index contributed by atoms with van der Waals surface area (Å²) in [7, 11) is 3.72. The highest BCUT2D eigenvalue weighted by Crippen LogP contribution is 2.43. The number of hydrogen-bond donors (Lipinski definition) is 1. The number of aromatic nitrogens is 3. The Kier molecular flexibility index (Phi) is 9.15. The fourth-order valence-electron chi connectivity index (χ4n) is 5.52. The van der Waals surface area contributed by atoms with E-state index >= 15 is 0 Å². The lowest BCUT2D eigenvalue weighted by molar-refractivity contribution is -0.119. The third-order valence-corrected chi connectivity index (χ3v) is 7.40. The van der Waals surface area contributed by atoms with Crippen LogP contribution >= 0.6 is 0 Å². The topological polar surface area (TPSA) is 89.7 Å². The molecule has 0 saturated carbocycles. The van der Waals surface area contributed by atoms with E-state index in [-0.39, 0.29) is 36.8 Å². The average molecular weight is 539 g/mol. The Labute approximate surface area is 229 Å². The van der Waals surface area contributed by atoms with Crippen LogP contribution in [0.25, 0.3) is 5.69 Å². The van der Waals surface area contributed by atoms with E-state index in [1.165, 1.54) is 12.3 Å². The summed E-state index contributed by atoms with van der Waals surface area (Å²) in [5.74, 6) is -0.0264. The van der Waals surface area contributed by atoms with E-state index in [4.69, 9.17) is 9.47 Å². The number of rotatable bonds is 12. The van der Waals surface area contributed by atoms with E-state index in [0.717, 1.165) is 35.3 Å². The second kappa shape index (κ2) is 12.4. The molecule has 4 rings (SSSR count). The highest BCUT2D eigenvalue weighted by atomic mass is 19.1. The number of ketones is 1. The van der Waals surface area contributed by atoms with Crippen LogP contribution < -0.4 is 4.74 Å². The summed E-state index contributed by atoms with van der Waals surface area (Å²) in [6, 6.07) is 13.1. The summed E-state index contributed by atoms with van der Waals surface area (Å²) in [6.07, 6.45) is 3.67. The number of Topliss-reactive ketones (excluding diaryl/α,β-unsaturated/α-hetero) is 1. The molecule has 1 saturated heterocycles. The van der Waals surface area contributed by atoms with Crippen molar-refractivity contribution in [2.45, 2.75) is 64.1 Å². The zero-order valence-corrected chi connectivity index (χ0v) is 23.4. The molecule has 39 heavy (non-hydrogen) atoms. The van der Waals surface area contributed by atoms with E-state index < -0.39 is 11.5 Å². The van der Waals surface area contributed by atoms with Gasteiger partial charge in [-0.15, -0.1) is 5.10 Å². The van der Waals surface area contributed by atoms with E-state index in [1.807, 2.05) is 50.4 Å². The minimum atomic E-state index is -1.02. The molecule has 0 radical (unpaired) electrons. The maximum atomic E-state index is 14.1. The lowest BCUT2D eigenvalue weighted by atomic mass is 9.88. The van der Waals surface area contributed by atoms with Crippen LogP contribution in [0.1, 0.15) is 56.0 Å². The highest BCUT2D eigenvalue weighted by Gasteiger charge is 2.40. The average Bonchev–Trinajstić information content (AvgIpc) is 3.37. The maximum Gasteiger partial charge on any atom is 0.236 e. The summed E-state index contributed by atoms with van der Waals surface area (Å²) in [4.78, 5) is 19.6. The molecule has 9 heteroatoms. The standard InChI is InChI=1S/C30H39FN4O4/c1-20-26(35(23-9-7-6-8-10-23)33-29(20)39-19-30(2,3)37)18-25(36)16-22-15-24(12-14-38-5)34(4)28(22)21-11-13-32-27(31)17-21/h6-11,13,17,22,24,28,37H,12,14-16,18-19H2,1-5H3/t22-,24+,28-/m0/s1. The van der Waals surface area contributed by atoms with E-state index in [1.54, 1.807) is 25.6 Å². The van der Waals surface area contributed by atoms with E-state index in [2.05, 4.69) is 15.0 Å². The van der Waals surface area contributed by atoms with Gasteiger partial charge in [0, 0.05) is 50.4 Å². The van der Waals surface area contributed by atoms with Crippen LogP contribution in [0.15, 0.2) is 48.7 Å². The van der Waals surface area contributed by atoms with Crippen molar-refractivity contribution in [1.82, 2.24) is 19.7 Å². The van der Waals surface area contributed by atoms with Crippen molar-refractivity contribution in [3.05, 3.63) is 71.4 Å². The lowest BCUT2D eigenvalue weighted by Gasteiger charge is -2.28. The van der Waals surface area contributed by atoms with Crippen LogP contribution in [0.5, 0.6) is 5.88 Å². The largest absolute Gasteiger partial charge is 0.473 e. The van der Waals surface area contributed by atoms with Gasteiger partial charge in [0.15, 0.2) is 0 Å². The molecule has 0 unspecified atom stereocenters. The molecule has 1 aromatic carbocycles. The van der Waals surface area contributed by atoms with Gasteiger partial charge in [-0.2, -0.15) is 4.39 Å². The van der Waals surface area contributed by atoms with Gasteiger partial charge in [0.1, 0.15) is 12.4 Å². The Bertz CT molecular complexity index is 1260. The fraction of sp³-hybridized carbons (Fsp3) is 0.500. The van der Waals surface area contributed by atoms with Crippen molar-refractivity contribution in [2.75, 3.05) is 27.4 Å². The molecule has 2 aromatic heterocycles. The smallest absolute Gasteiger partial charge is 0.236 e. The minimum Gasteiger partial charge on any atom is -0.473 e. The number of nitrogens with zero attached hydrogens (tertiary/aromatic N) is 4. The van der Waals surface area contributed by atoms with Gasteiger partial charge in [0.2, 0.25) is 11.8 Å². The van der Waals surface area contributed by atoms with Crippen molar-refractivity contribution in [3.63, 3.8) is 0 Å². The van der Waals surface area contributed by atoms with Gasteiger partial charge < -0.3 is 14.6 Å². The number of halogens is 1. The molecule has 210 valence electrons. The third-order valence-electron chi connectivity index (χ3n) is 7.40. The van der Waals surface area contributed by atoms with Gasteiger partial charge in [0.25, 0.3) is 0 Å². The molecular formula is C30H39FN4O4. The molecule has 8 nitrogen and oxygen atoms in total. The molecule has 1 aliphatic rings. The molecule has 0 bridgehead atoms. The summed E-state index contributed by atoms with van der Waals surface area (Å²) < 4.78 is 27.0. The van der Waals surface area contributed by atoms with Crippen molar-refractivity contribution in [2.24, 2.45) is 5.92 Å². The number of methoxy groups -OCH3 is 1. The molecule has 1 N–H and O–H groups in total. The van der Waals surface area contributed by atoms with Crippen LogP contribution in [-0.2, 0) is 16.0 Å². The monoisotopic (exact) mass is 538 g/mol. The number of likely N-dealkylation sites (tertiary alicyclic amines) is 1. The highest BCUT2D eigenvalue weighted by molar-refractivity contribution is 5.81. The fourth-order valence-corrected chi connectivity index (χ4v) is 5.52. The second-order valence-electron chi connectivity index (χ2n) is 11.1. The Morgan fingerprint density at radius 2 is 1.97 bits per heavy atom. The molecule has 0 aliphatic carbocycles. The number of carbonyl (C=O) groups excluding carboxylic acids is 1. The van der Waals surface area contributed by atoms with Crippen molar-refractivity contribution < 1.29 is 23.8 Å². The molecular weight excluding hydrogens is 499 g/mol. The van der Waals surface area contributed by atoms with Crippen molar-refractivity contribution in [1.29, 1.82) is 0 Å². The first-order valence-corrected chi connectivity index (χ1v) is 13.4. The maximum absolute atomic E-state index is 14.1.